The molecule has 2 rings (SSSR count). The van der Waals surface area contributed by atoms with Crippen LogP contribution < -0.4 is 4.74 Å². The number of benzene rings is 1. The van der Waals surface area contributed by atoms with Gasteiger partial charge in [0.25, 0.3) is 0 Å². The molecule has 0 saturated heterocycles. The summed E-state index contributed by atoms with van der Waals surface area (Å²) in [6.45, 7) is 4.49. The van der Waals surface area contributed by atoms with Crippen molar-refractivity contribution in [2.75, 3.05) is 6.61 Å². The molecule has 0 fully saturated rings. The molecular formula is C11H11ClN2OS. The van der Waals surface area contributed by atoms with Crippen LogP contribution in [-0.4, -0.2) is 16.8 Å². The molecule has 0 bridgehead atoms. The second-order valence-electron chi connectivity index (χ2n) is 3.20. The lowest BCUT2D eigenvalue weighted by molar-refractivity contribution is 0.341. The lowest BCUT2D eigenvalue weighted by Gasteiger charge is -2.07. The molecule has 0 atom stereocenters. The Bertz CT molecular complexity index is 498. The Morgan fingerprint density at radius 2 is 2.19 bits per heavy atom. The molecule has 84 valence electrons. The number of aryl methyl sites for hydroxylation is 1. The normalized spacial score (nSPS) is 10.4. The van der Waals surface area contributed by atoms with E-state index in [9.17, 15) is 0 Å². The van der Waals surface area contributed by atoms with Crippen molar-refractivity contribution in [2.45, 2.75) is 13.8 Å². The minimum absolute atomic E-state index is 0.617. The number of rotatable bonds is 3. The number of aromatic nitrogens is 2. The average Bonchev–Trinajstić information content (AvgIpc) is 2.68. The van der Waals surface area contributed by atoms with E-state index in [1.165, 1.54) is 11.3 Å². The first-order valence-electron chi connectivity index (χ1n) is 4.93. The highest BCUT2D eigenvalue weighted by molar-refractivity contribution is 7.14. The fourth-order valence-corrected chi connectivity index (χ4v) is 2.24. The molecule has 0 spiro atoms. The molecular weight excluding hydrogens is 244 g/mol. The summed E-state index contributed by atoms with van der Waals surface area (Å²) in [6.07, 6.45) is 0. The van der Waals surface area contributed by atoms with Crippen LogP contribution in [0.15, 0.2) is 18.2 Å². The SMILES string of the molecule is CCOc1ccc(Cl)cc1-c1nnc(C)s1. The third-order valence-corrected chi connectivity index (χ3v) is 3.10. The van der Waals surface area contributed by atoms with Crippen molar-refractivity contribution in [3.8, 4) is 16.3 Å². The Morgan fingerprint density at radius 1 is 1.38 bits per heavy atom. The van der Waals surface area contributed by atoms with Crippen LogP contribution in [0.25, 0.3) is 10.6 Å². The van der Waals surface area contributed by atoms with Crippen LogP contribution in [0.5, 0.6) is 5.75 Å². The van der Waals surface area contributed by atoms with E-state index >= 15 is 0 Å². The predicted molar refractivity (Wildman–Crippen MR) is 66.3 cm³/mol. The van der Waals surface area contributed by atoms with Gasteiger partial charge >= 0.3 is 0 Å². The van der Waals surface area contributed by atoms with Crippen LogP contribution in [0.3, 0.4) is 0 Å². The van der Waals surface area contributed by atoms with Crippen molar-refractivity contribution in [3.63, 3.8) is 0 Å². The van der Waals surface area contributed by atoms with E-state index in [1.807, 2.05) is 32.0 Å². The Morgan fingerprint density at radius 3 is 2.81 bits per heavy atom. The summed E-state index contributed by atoms with van der Waals surface area (Å²) in [5.74, 6) is 0.794. The third-order valence-electron chi connectivity index (χ3n) is 2.00. The molecule has 1 heterocycles. The van der Waals surface area contributed by atoms with Crippen LogP contribution in [0, 0.1) is 6.92 Å². The minimum Gasteiger partial charge on any atom is -0.493 e. The van der Waals surface area contributed by atoms with Gasteiger partial charge in [0.2, 0.25) is 0 Å². The lowest BCUT2D eigenvalue weighted by Crippen LogP contribution is -1.93. The van der Waals surface area contributed by atoms with Gasteiger partial charge < -0.3 is 4.74 Å². The van der Waals surface area contributed by atoms with Crippen LogP contribution in [0.4, 0.5) is 0 Å². The first-order chi connectivity index (χ1) is 7.70. The van der Waals surface area contributed by atoms with Gasteiger partial charge in [0, 0.05) is 5.02 Å². The zero-order valence-electron chi connectivity index (χ0n) is 9.03. The first-order valence-corrected chi connectivity index (χ1v) is 6.13. The van der Waals surface area contributed by atoms with Gasteiger partial charge in [-0.15, -0.1) is 10.2 Å². The van der Waals surface area contributed by atoms with E-state index in [-0.39, 0.29) is 0 Å². The van der Waals surface area contributed by atoms with Gasteiger partial charge in [-0.05, 0) is 32.0 Å². The van der Waals surface area contributed by atoms with E-state index in [0.717, 1.165) is 21.3 Å². The highest BCUT2D eigenvalue weighted by Gasteiger charge is 2.11. The molecule has 5 heteroatoms. The van der Waals surface area contributed by atoms with Crippen molar-refractivity contribution in [1.29, 1.82) is 0 Å². The molecule has 0 saturated carbocycles. The highest BCUT2D eigenvalue weighted by Crippen LogP contribution is 2.34. The number of hydrogen-bond donors (Lipinski definition) is 0. The molecule has 0 unspecified atom stereocenters. The largest absolute Gasteiger partial charge is 0.493 e. The molecule has 0 N–H and O–H groups in total. The van der Waals surface area contributed by atoms with Crippen molar-refractivity contribution < 1.29 is 4.74 Å². The standard InChI is InChI=1S/C11H11ClN2OS/c1-3-15-10-5-4-8(12)6-9(10)11-14-13-7(2)16-11/h4-6H,3H2,1-2H3. The number of halogens is 1. The van der Waals surface area contributed by atoms with E-state index < -0.39 is 0 Å². The zero-order chi connectivity index (χ0) is 11.5. The van der Waals surface area contributed by atoms with Gasteiger partial charge in [0.15, 0.2) is 5.01 Å². The quantitative estimate of drug-likeness (QED) is 0.840. The van der Waals surface area contributed by atoms with Crippen molar-refractivity contribution in [1.82, 2.24) is 10.2 Å². The average molecular weight is 255 g/mol. The van der Waals surface area contributed by atoms with Gasteiger partial charge in [0.05, 0.1) is 12.2 Å². The molecule has 3 nitrogen and oxygen atoms in total. The summed E-state index contributed by atoms with van der Waals surface area (Å²) >= 11 is 7.50. The van der Waals surface area contributed by atoms with Crippen LogP contribution in [0.1, 0.15) is 11.9 Å². The monoisotopic (exact) mass is 254 g/mol. The number of nitrogens with zero attached hydrogens (tertiary/aromatic N) is 2. The van der Waals surface area contributed by atoms with Crippen LogP contribution in [0.2, 0.25) is 5.02 Å². The third kappa shape index (κ3) is 2.33. The van der Waals surface area contributed by atoms with Gasteiger partial charge in [-0.2, -0.15) is 0 Å². The molecule has 1 aromatic heterocycles. The van der Waals surface area contributed by atoms with Gasteiger partial charge in [-0.25, -0.2) is 0 Å². The Balaban J connectivity index is 2.48. The minimum atomic E-state index is 0.617. The topological polar surface area (TPSA) is 35.0 Å². The summed E-state index contributed by atoms with van der Waals surface area (Å²) in [5, 5.41) is 10.5. The van der Waals surface area contributed by atoms with Crippen LogP contribution in [-0.2, 0) is 0 Å². The molecule has 0 radical (unpaired) electrons. The second kappa shape index (κ2) is 4.80. The van der Waals surface area contributed by atoms with E-state index in [0.29, 0.717) is 11.6 Å². The fraction of sp³-hybridized carbons (Fsp3) is 0.273. The Hall–Kier alpha value is -1.13. The first kappa shape index (κ1) is 11.4. The van der Waals surface area contributed by atoms with E-state index in [4.69, 9.17) is 16.3 Å². The van der Waals surface area contributed by atoms with E-state index in [1.54, 1.807) is 0 Å². The molecule has 0 amide bonds. The van der Waals surface area contributed by atoms with Crippen molar-refractivity contribution in [3.05, 3.63) is 28.2 Å². The maximum atomic E-state index is 5.97. The molecule has 0 aliphatic rings. The zero-order valence-corrected chi connectivity index (χ0v) is 10.6. The maximum Gasteiger partial charge on any atom is 0.151 e. The van der Waals surface area contributed by atoms with Gasteiger partial charge in [-0.1, -0.05) is 22.9 Å². The van der Waals surface area contributed by atoms with Crippen molar-refractivity contribution in [2.24, 2.45) is 0 Å². The van der Waals surface area contributed by atoms with Gasteiger partial charge in [0.1, 0.15) is 10.8 Å². The molecule has 0 aliphatic heterocycles. The summed E-state index contributed by atoms with van der Waals surface area (Å²) in [6, 6.07) is 5.52. The molecule has 0 aliphatic carbocycles. The Labute approximate surface area is 103 Å². The molecule has 1 aromatic carbocycles. The van der Waals surface area contributed by atoms with E-state index in [2.05, 4.69) is 10.2 Å². The van der Waals surface area contributed by atoms with Gasteiger partial charge in [-0.3, -0.25) is 0 Å². The second-order valence-corrected chi connectivity index (χ2v) is 4.82. The maximum absolute atomic E-state index is 5.97. The van der Waals surface area contributed by atoms with Crippen LogP contribution >= 0.6 is 22.9 Å². The number of hydrogen-bond acceptors (Lipinski definition) is 4. The summed E-state index contributed by atoms with van der Waals surface area (Å²) in [4.78, 5) is 0. The molecule has 16 heavy (non-hydrogen) atoms. The summed E-state index contributed by atoms with van der Waals surface area (Å²) < 4.78 is 5.54. The van der Waals surface area contributed by atoms with Crippen molar-refractivity contribution >= 4 is 22.9 Å². The summed E-state index contributed by atoms with van der Waals surface area (Å²) in [7, 11) is 0. The summed E-state index contributed by atoms with van der Waals surface area (Å²) in [5.41, 5.74) is 0.903. The number of ether oxygens (including phenoxy) is 1. The lowest BCUT2D eigenvalue weighted by atomic mass is 10.2. The molecule has 2 aromatic rings. The Kier molecular flexibility index (Phi) is 3.41. The predicted octanol–water partition coefficient (Wildman–Crippen LogP) is 3.57. The highest BCUT2D eigenvalue weighted by atomic mass is 35.5. The smallest absolute Gasteiger partial charge is 0.151 e. The fourth-order valence-electron chi connectivity index (χ4n) is 1.36.